The van der Waals surface area contributed by atoms with Crippen molar-refractivity contribution >= 4 is 5.91 Å². The summed E-state index contributed by atoms with van der Waals surface area (Å²) in [5.41, 5.74) is 5.69. The van der Waals surface area contributed by atoms with E-state index >= 15 is 0 Å². The van der Waals surface area contributed by atoms with E-state index < -0.39 is 0 Å². The molecule has 1 amide bonds. The molecule has 0 bridgehead atoms. The van der Waals surface area contributed by atoms with Crippen LogP contribution in [-0.2, 0) is 4.79 Å². The average molecular weight is 226 g/mol. The molecule has 1 rings (SSSR count). The Morgan fingerprint density at radius 1 is 1.25 bits per heavy atom. The Labute approximate surface area is 99.2 Å². The van der Waals surface area contributed by atoms with Gasteiger partial charge in [0.05, 0.1) is 0 Å². The van der Waals surface area contributed by atoms with Crippen molar-refractivity contribution in [3.8, 4) is 0 Å². The fourth-order valence-electron chi connectivity index (χ4n) is 2.19. The highest BCUT2D eigenvalue weighted by molar-refractivity contribution is 5.75. The van der Waals surface area contributed by atoms with E-state index in [1.54, 1.807) is 0 Å². The quantitative estimate of drug-likeness (QED) is 0.623. The summed E-state index contributed by atoms with van der Waals surface area (Å²) < 4.78 is 0. The molecule has 3 N–H and O–H groups in total. The second-order valence-corrected chi connectivity index (χ2v) is 5.07. The Bertz CT molecular complexity index is 200. The number of rotatable bonds is 8. The highest BCUT2D eigenvalue weighted by Crippen LogP contribution is 2.24. The lowest BCUT2D eigenvalue weighted by atomic mass is 9.81. The molecule has 3 nitrogen and oxygen atoms in total. The molecule has 1 fully saturated rings. The predicted molar refractivity (Wildman–Crippen MR) is 67.1 cm³/mol. The minimum Gasteiger partial charge on any atom is -0.356 e. The first-order valence-electron chi connectivity index (χ1n) is 6.74. The van der Waals surface area contributed by atoms with Crippen LogP contribution in [-0.4, -0.2) is 18.5 Å². The monoisotopic (exact) mass is 226 g/mol. The van der Waals surface area contributed by atoms with Crippen molar-refractivity contribution in [3.05, 3.63) is 0 Å². The van der Waals surface area contributed by atoms with Crippen LogP contribution < -0.4 is 11.1 Å². The van der Waals surface area contributed by atoms with Crippen molar-refractivity contribution in [2.75, 3.05) is 6.54 Å². The minimum atomic E-state index is 0.219. The summed E-state index contributed by atoms with van der Waals surface area (Å²) in [4.78, 5) is 11.5. The number of carbonyl (C=O) groups excluding carboxylic acids is 1. The van der Waals surface area contributed by atoms with E-state index in [2.05, 4.69) is 12.2 Å². The largest absolute Gasteiger partial charge is 0.356 e. The summed E-state index contributed by atoms with van der Waals surface area (Å²) in [6.07, 6.45) is 8.90. The molecule has 0 saturated heterocycles. The van der Waals surface area contributed by atoms with Crippen LogP contribution in [0.1, 0.15) is 58.3 Å². The van der Waals surface area contributed by atoms with Crippen LogP contribution in [0.3, 0.4) is 0 Å². The standard InChI is InChI=1S/C13H26N2O/c1-2-3-4-5-6-7-13(16)15-10-11-8-12(14)9-11/h11-12H,2-10,14H2,1H3,(H,15,16). The van der Waals surface area contributed by atoms with Crippen LogP contribution in [0.4, 0.5) is 0 Å². The van der Waals surface area contributed by atoms with Crippen molar-refractivity contribution < 1.29 is 4.79 Å². The summed E-state index contributed by atoms with van der Waals surface area (Å²) in [6.45, 7) is 3.04. The lowest BCUT2D eigenvalue weighted by molar-refractivity contribution is -0.121. The van der Waals surface area contributed by atoms with Gasteiger partial charge in [0.15, 0.2) is 0 Å². The average Bonchev–Trinajstić information content (AvgIpc) is 2.22. The zero-order valence-corrected chi connectivity index (χ0v) is 10.5. The number of nitrogens with two attached hydrogens (primary N) is 1. The normalized spacial score (nSPS) is 23.9. The van der Waals surface area contributed by atoms with E-state index in [4.69, 9.17) is 5.73 Å². The molecule has 0 heterocycles. The molecule has 0 unspecified atom stereocenters. The summed E-state index contributed by atoms with van der Waals surface area (Å²) in [5, 5.41) is 3.00. The molecule has 0 atom stereocenters. The molecular weight excluding hydrogens is 200 g/mol. The Morgan fingerprint density at radius 3 is 2.56 bits per heavy atom. The number of unbranched alkanes of at least 4 members (excludes halogenated alkanes) is 4. The molecule has 0 radical (unpaired) electrons. The van der Waals surface area contributed by atoms with Gasteiger partial charge in [-0.25, -0.2) is 0 Å². The van der Waals surface area contributed by atoms with Gasteiger partial charge in [0.1, 0.15) is 0 Å². The Kier molecular flexibility index (Phi) is 6.46. The highest BCUT2D eigenvalue weighted by Gasteiger charge is 2.25. The molecule has 16 heavy (non-hydrogen) atoms. The molecule has 0 aromatic heterocycles. The van der Waals surface area contributed by atoms with Gasteiger partial charge in [-0.3, -0.25) is 4.79 Å². The predicted octanol–water partition coefficient (Wildman–Crippen LogP) is 2.20. The van der Waals surface area contributed by atoms with Gasteiger partial charge >= 0.3 is 0 Å². The molecule has 1 aliphatic rings. The van der Waals surface area contributed by atoms with Gasteiger partial charge in [-0.15, -0.1) is 0 Å². The van der Waals surface area contributed by atoms with Crippen LogP contribution in [0.2, 0.25) is 0 Å². The summed E-state index contributed by atoms with van der Waals surface area (Å²) in [5.74, 6) is 0.857. The van der Waals surface area contributed by atoms with Gasteiger partial charge in [-0.1, -0.05) is 32.6 Å². The maximum Gasteiger partial charge on any atom is 0.220 e. The van der Waals surface area contributed by atoms with E-state index in [1.165, 1.54) is 25.7 Å². The SMILES string of the molecule is CCCCCCCC(=O)NCC1CC(N)C1. The number of hydrogen-bond donors (Lipinski definition) is 2. The van der Waals surface area contributed by atoms with Gasteiger partial charge in [-0.05, 0) is 25.2 Å². The number of carbonyl (C=O) groups is 1. The van der Waals surface area contributed by atoms with Crippen molar-refractivity contribution in [2.45, 2.75) is 64.3 Å². The first-order valence-corrected chi connectivity index (χ1v) is 6.74. The Balaban J connectivity index is 1.87. The second kappa shape index (κ2) is 7.66. The van der Waals surface area contributed by atoms with Gasteiger partial charge in [0, 0.05) is 19.0 Å². The van der Waals surface area contributed by atoms with E-state index in [-0.39, 0.29) is 5.91 Å². The molecular formula is C13H26N2O. The van der Waals surface area contributed by atoms with Gasteiger partial charge in [0.25, 0.3) is 0 Å². The minimum absolute atomic E-state index is 0.219. The Morgan fingerprint density at radius 2 is 1.94 bits per heavy atom. The highest BCUT2D eigenvalue weighted by atomic mass is 16.1. The smallest absolute Gasteiger partial charge is 0.220 e. The third-order valence-electron chi connectivity index (χ3n) is 3.37. The van der Waals surface area contributed by atoms with Crippen LogP contribution >= 0.6 is 0 Å². The molecule has 1 saturated carbocycles. The van der Waals surface area contributed by atoms with Crippen molar-refractivity contribution in [1.82, 2.24) is 5.32 Å². The third-order valence-corrected chi connectivity index (χ3v) is 3.37. The first kappa shape index (κ1) is 13.5. The fourth-order valence-corrected chi connectivity index (χ4v) is 2.19. The maximum atomic E-state index is 11.5. The number of amides is 1. The van der Waals surface area contributed by atoms with Crippen LogP contribution in [0.25, 0.3) is 0 Å². The van der Waals surface area contributed by atoms with Gasteiger partial charge in [0.2, 0.25) is 5.91 Å². The van der Waals surface area contributed by atoms with E-state index in [1.807, 2.05) is 0 Å². The first-order chi connectivity index (χ1) is 7.72. The molecule has 0 aromatic carbocycles. The summed E-state index contributed by atoms with van der Waals surface area (Å²) in [7, 11) is 0. The Hall–Kier alpha value is -0.570. The van der Waals surface area contributed by atoms with Crippen LogP contribution in [0.5, 0.6) is 0 Å². The molecule has 3 heteroatoms. The molecule has 94 valence electrons. The topological polar surface area (TPSA) is 55.1 Å². The van der Waals surface area contributed by atoms with E-state index in [9.17, 15) is 4.79 Å². The van der Waals surface area contributed by atoms with E-state index in [0.29, 0.717) is 18.4 Å². The molecule has 0 spiro atoms. The van der Waals surface area contributed by atoms with Crippen molar-refractivity contribution in [3.63, 3.8) is 0 Å². The van der Waals surface area contributed by atoms with Crippen LogP contribution in [0, 0.1) is 5.92 Å². The van der Waals surface area contributed by atoms with Crippen molar-refractivity contribution in [2.24, 2.45) is 11.7 Å². The van der Waals surface area contributed by atoms with Gasteiger partial charge < -0.3 is 11.1 Å². The number of nitrogens with one attached hydrogen (secondary N) is 1. The summed E-state index contributed by atoms with van der Waals surface area (Å²) in [6, 6.07) is 0.385. The van der Waals surface area contributed by atoms with E-state index in [0.717, 1.165) is 25.8 Å². The lowest BCUT2D eigenvalue weighted by Crippen LogP contribution is -2.42. The third kappa shape index (κ3) is 5.50. The second-order valence-electron chi connectivity index (χ2n) is 5.07. The van der Waals surface area contributed by atoms with Crippen LogP contribution in [0.15, 0.2) is 0 Å². The fraction of sp³-hybridized carbons (Fsp3) is 0.923. The van der Waals surface area contributed by atoms with Crippen molar-refractivity contribution in [1.29, 1.82) is 0 Å². The number of hydrogen-bond acceptors (Lipinski definition) is 2. The zero-order valence-electron chi connectivity index (χ0n) is 10.5. The zero-order chi connectivity index (χ0) is 11.8. The lowest BCUT2D eigenvalue weighted by Gasteiger charge is -2.32. The van der Waals surface area contributed by atoms with Gasteiger partial charge in [-0.2, -0.15) is 0 Å². The molecule has 0 aliphatic heterocycles. The summed E-state index contributed by atoms with van der Waals surface area (Å²) >= 11 is 0. The maximum absolute atomic E-state index is 11.5. The molecule has 1 aliphatic carbocycles. The molecule has 0 aromatic rings.